The molecule has 166 valence electrons. The fraction of sp³-hybridized carbons (Fsp3) is 0.259. The van der Waals surface area contributed by atoms with Gasteiger partial charge < -0.3 is 14.8 Å². The van der Waals surface area contributed by atoms with Gasteiger partial charge >= 0.3 is 5.97 Å². The molecule has 0 heterocycles. The summed E-state index contributed by atoms with van der Waals surface area (Å²) in [7, 11) is 1.56. The zero-order chi connectivity index (χ0) is 22.8. The first kappa shape index (κ1) is 23.1. The lowest BCUT2D eigenvalue weighted by atomic mass is 10.0. The lowest BCUT2D eigenvalue weighted by Crippen LogP contribution is -2.34. The van der Waals surface area contributed by atoms with Gasteiger partial charge in [0.05, 0.1) is 20.0 Å². The third-order valence-electron chi connectivity index (χ3n) is 5.12. The van der Waals surface area contributed by atoms with Gasteiger partial charge in [0, 0.05) is 6.04 Å². The van der Waals surface area contributed by atoms with Crippen LogP contribution in [0.4, 0.5) is 0 Å². The third-order valence-corrected chi connectivity index (χ3v) is 5.12. The van der Waals surface area contributed by atoms with Crippen molar-refractivity contribution in [2.24, 2.45) is 0 Å². The van der Waals surface area contributed by atoms with Crippen LogP contribution in [0.25, 0.3) is 0 Å². The van der Waals surface area contributed by atoms with Gasteiger partial charge in [-0.25, -0.2) is 0 Å². The predicted molar refractivity (Wildman–Crippen MR) is 125 cm³/mol. The number of carbonyl (C=O) groups excluding carboxylic acids is 2. The van der Waals surface area contributed by atoms with Gasteiger partial charge in [0.25, 0.3) is 0 Å². The van der Waals surface area contributed by atoms with Crippen molar-refractivity contribution in [2.45, 2.75) is 38.6 Å². The second-order valence-corrected chi connectivity index (χ2v) is 7.79. The maximum Gasteiger partial charge on any atom is 0.315 e. The molecule has 0 radical (unpaired) electrons. The molecule has 3 aromatic carbocycles. The van der Waals surface area contributed by atoms with Crippen molar-refractivity contribution < 1.29 is 19.1 Å². The molecule has 0 aromatic heterocycles. The molecule has 0 aliphatic heterocycles. The highest BCUT2D eigenvalue weighted by molar-refractivity contribution is 5.78. The minimum Gasteiger partial charge on any atom is -0.493 e. The van der Waals surface area contributed by atoms with Gasteiger partial charge in [0.1, 0.15) is 0 Å². The Labute approximate surface area is 189 Å². The van der Waals surface area contributed by atoms with E-state index in [0.717, 1.165) is 29.5 Å². The molecule has 1 unspecified atom stereocenters. The molecule has 32 heavy (non-hydrogen) atoms. The Morgan fingerprint density at radius 1 is 0.812 bits per heavy atom. The van der Waals surface area contributed by atoms with Crippen molar-refractivity contribution in [3.8, 4) is 11.5 Å². The van der Waals surface area contributed by atoms with Crippen molar-refractivity contribution >= 4 is 11.9 Å². The Hall–Kier alpha value is -3.60. The predicted octanol–water partition coefficient (Wildman–Crippen LogP) is 4.52. The van der Waals surface area contributed by atoms with E-state index in [1.54, 1.807) is 13.2 Å². The lowest BCUT2D eigenvalue weighted by Gasteiger charge is -2.15. The van der Waals surface area contributed by atoms with Crippen molar-refractivity contribution in [3.63, 3.8) is 0 Å². The Morgan fingerprint density at radius 2 is 1.44 bits per heavy atom. The quantitative estimate of drug-likeness (QED) is 0.379. The minimum absolute atomic E-state index is 0.0157. The smallest absolute Gasteiger partial charge is 0.315 e. The number of hydrogen-bond donors (Lipinski definition) is 1. The third kappa shape index (κ3) is 7.27. The molecule has 0 aliphatic rings. The van der Waals surface area contributed by atoms with Crippen LogP contribution in [0.1, 0.15) is 30.0 Å². The van der Waals surface area contributed by atoms with Crippen LogP contribution in [-0.4, -0.2) is 25.0 Å². The number of amides is 1. The molecule has 0 bridgehead atoms. The molecule has 0 fully saturated rings. The molecular formula is C27H29NO4. The highest BCUT2D eigenvalue weighted by Gasteiger charge is 2.13. The monoisotopic (exact) mass is 431 g/mol. The SMILES string of the molecule is COc1cc(CCC(C)NC(=O)Cc2ccccc2)ccc1OC(=O)Cc1ccccc1. The molecule has 0 spiro atoms. The van der Waals surface area contributed by atoms with Crippen LogP contribution in [0.15, 0.2) is 78.9 Å². The molecule has 5 nitrogen and oxygen atoms in total. The second kappa shape index (κ2) is 11.7. The van der Waals surface area contributed by atoms with Crippen LogP contribution >= 0.6 is 0 Å². The zero-order valence-electron chi connectivity index (χ0n) is 18.5. The molecule has 0 saturated carbocycles. The van der Waals surface area contributed by atoms with E-state index in [4.69, 9.17) is 9.47 Å². The Morgan fingerprint density at radius 3 is 2.06 bits per heavy atom. The first-order chi connectivity index (χ1) is 15.5. The van der Waals surface area contributed by atoms with Crippen LogP contribution < -0.4 is 14.8 Å². The standard InChI is InChI=1S/C27H29NO4/c1-20(28-26(29)18-21-9-5-3-6-10-21)13-14-23-15-16-24(25(17-23)31-2)32-27(30)19-22-11-7-4-8-12-22/h3-12,15-17,20H,13-14,18-19H2,1-2H3,(H,28,29). The van der Waals surface area contributed by atoms with E-state index in [1.807, 2.05) is 79.7 Å². The topological polar surface area (TPSA) is 64.6 Å². The number of benzene rings is 3. The summed E-state index contributed by atoms with van der Waals surface area (Å²) in [6.07, 6.45) is 2.13. The van der Waals surface area contributed by atoms with Crippen LogP contribution in [0, 0.1) is 0 Å². The second-order valence-electron chi connectivity index (χ2n) is 7.79. The van der Waals surface area contributed by atoms with Crippen molar-refractivity contribution in [3.05, 3.63) is 95.6 Å². The summed E-state index contributed by atoms with van der Waals surface area (Å²) in [5.41, 5.74) is 2.95. The Bertz CT molecular complexity index is 1020. The van der Waals surface area contributed by atoms with Gasteiger partial charge in [-0.2, -0.15) is 0 Å². The molecule has 3 aromatic rings. The van der Waals surface area contributed by atoms with E-state index < -0.39 is 0 Å². The number of nitrogens with one attached hydrogen (secondary N) is 1. The average Bonchev–Trinajstić information content (AvgIpc) is 2.79. The Balaban J connectivity index is 1.50. The molecule has 3 rings (SSSR count). The van der Waals surface area contributed by atoms with E-state index in [-0.39, 0.29) is 24.3 Å². The Kier molecular flexibility index (Phi) is 8.44. The zero-order valence-corrected chi connectivity index (χ0v) is 18.5. The average molecular weight is 432 g/mol. The van der Waals surface area contributed by atoms with Crippen LogP contribution in [-0.2, 0) is 28.9 Å². The highest BCUT2D eigenvalue weighted by Crippen LogP contribution is 2.29. The maximum absolute atomic E-state index is 12.3. The van der Waals surface area contributed by atoms with Crippen LogP contribution in [0.5, 0.6) is 11.5 Å². The van der Waals surface area contributed by atoms with E-state index in [0.29, 0.717) is 17.9 Å². The molecule has 1 N–H and O–H groups in total. The molecule has 0 saturated heterocycles. The fourth-order valence-electron chi connectivity index (χ4n) is 3.44. The number of hydrogen-bond acceptors (Lipinski definition) is 4. The summed E-state index contributed by atoms with van der Waals surface area (Å²) in [5.74, 6) is 0.602. The minimum atomic E-state index is -0.336. The van der Waals surface area contributed by atoms with Gasteiger partial charge in [0.15, 0.2) is 11.5 Å². The summed E-state index contributed by atoms with van der Waals surface area (Å²) < 4.78 is 10.9. The summed E-state index contributed by atoms with van der Waals surface area (Å²) in [5, 5.41) is 3.05. The number of aryl methyl sites for hydroxylation is 1. The molecular weight excluding hydrogens is 402 g/mol. The van der Waals surface area contributed by atoms with E-state index in [1.165, 1.54) is 0 Å². The lowest BCUT2D eigenvalue weighted by molar-refractivity contribution is -0.133. The number of carbonyl (C=O) groups is 2. The van der Waals surface area contributed by atoms with Gasteiger partial charge in [0.2, 0.25) is 5.91 Å². The van der Waals surface area contributed by atoms with Crippen molar-refractivity contribution in [1.82, 2.24) is 5.32 Å². The van der Waals surface area contributed by atoms with E-state index in [2.05, 4.69) is 5.32 Å². The molecule has 1 atom stereocenters. The van der Waals surface area contributed by atoms with Crippen LogP contribution in [0.2, 0.25) is 0 Å². The first-order valence-electron chi connectivity index (χ1n) is 10.8. The van der Waals surface area contributed by atoms with Gasteiger partial charge in [-0.15, -0.1) is 0 Å². The molecule has 0 aliphatic carbocycles. The van der Waals surface area contributed by atoms with E-state index >= 15 is 0 Å². The number of methoxy groups -OCH3 is 1. The van der Waals surface area contributed by atoms with E-state index in [9.17, 15) is 9.59 Å². The molecule has 1 amide bonds. The summed E-state index contributed by atoms with van der Waals surface area (Å²) in [6.45, 7) is 2.00. The van der Waals surface area contributed by atoms with Crippen molar-refractivity contribution in [2.75, 3.05) is 7.11 Å². The number of ether oxygens (including phenoxy) is 2. The maximum atomic E-state index is 12.3. The number of rotatable bonds is 10. The largest absolute Gasteiger partial charge is 0.493 e. The van der Waals surface area contributed by atoms with Gasteiger partial charge in [-0.1, -0.05) is 66.7 Å². The van der Waals surface area contributed by atoms with Crippen LogP contribution in [0.3, 0.4) is 0 Å². The summed E-state index contributed by atoms with van der Waals surface area (Å²) >= 11 is 0. The van der Waals surface area contributed by atoms with Gasteiger partial charge in [-0.05, 0) is 48.6 Å². The normalized spacial score (nSPS) is 11.4. The highest BCUT2D eigenvalue weighted by atomic mass is 16.6. The number of esters is 1. The summed E-state index contributed by atoms with van der Waals surface area (Å²) in [6, 6.07) is 24.8. The fourth-order valence-corrected chi connectivity index (χ4v) is 3.44. The molecule has 5 heteroatoms. The summed E-state index contributed by atoms with van der Waals surface area (Å²) in [4.78, 5) is 24.5. The van der Waals surface area contributed by atoms with Crippen molar-refractivity contribution in [1.29, 1.82) is 0 Å². The first-order valence-corrected chi connectivity index (χ1v) is 10.8. The van der Waals surface area contributed by atoms with Gasteiger partial charge in [-0.3, -0.25) is 9.59 Å².